The standard InChI is InChI=1S/C27H26F2OS/c1-19-6-7-22(13-20(19)2)14-23(24-15-25(28)17-26(29)16-24)5-3-4-12-31-27-10-8-21(18-30)9-11-27/h6-11,13-18H,3-5,12H2,1-2H3/b23-14+. The Morgan fingerprint density at radius 3 is 2.16 bits per heavy atom. The predicted molar refractivity (Wildman–Crippen MR) is 127 cm³/mol. The first-order valence-electron chi connectivity index (χ1n) is 10.4. The third-order valence-corrected chi connectivity index (χ3v) is 6.33. The van der Waals surface area contributed by atoms with E-state index in [0.717, 1.165) is 53.4 Å². The van der Waals surface area contributed by atoms with E-state index in [4.69, 9.17) is 0 Å². The largest absolute Gasteiger partial charge is 0.298 e. The molecule has 3 aromatic rings. The molecule has 0 saturated heterocycles. The van der Waals surface area contributed by atoms with Gasteiger partial charge in [0.05, 0.1) is 0 Å². The number of halogens is 2. The molecular weight excluding hydrogens is 410 g/mol. The van der Waals surface area contributed by atoms with Crippen LogP contribution in [0.15, 0.2) is 65.6 Å². The van der Waals surface area contributed by atoms with Crippen LogP contribution in [-0.2, 0) is 0 Å². The molecule has 0 unspecified atom stereocenters. The number of carbonyl (C=O) groups excluding carboxylic acids is 1. The monoisotopic (exact) mass is 436 g/mol. The minimum absolute atomic E-state index is 0.560. The van der Waals surface area contributed by atoms with Gasteiger partial charge in [-0.05, 0) is 91.0 Å². The second-order valence-electron chi connectivity index (χ2n) is 7.66. The molecule has 4 heteroatoms. The number of aryl methyl sites for hydroxylation is 2. The van der Waals surface area contributed by atoms with Crippen LogP contribution >= 0.6 is 11.8 Å². The molecule has 0 radical (unpaired) electrons. The van der Waals surface area contributed by atoms with Crippen molar-refractivity contribution in [1.29, 1.82) is 0 Å². The fourth-order valence-corrected chi connectivity index (χ4v) is 4.26. The fourth-order valence-electron chi connectivity index (χ4n) is 3.34. The van der Waals surface area contributed by atoms with E-state index in [1.54, 1.807) is 11.8 Å². The molecule has 0 fully saturated rings. The van der Waals surface area contributed by atoms with Crippen molar-refractivity contribution in [3.05, 3.63) is 100 Å². The van der Waals surface area contributed by atoms with E-state index in [1.165, 1.54) is 23.3 Å². The topological polar surface area (TPSA) is 17.1 Å². The number of rotatable bonds is 9. The Balaban J connectivity index is 1.68. The number of unbranched alkanes of at least 4 members (excludes halogenated alkanes) is 1. The number of allylic oxidation sites excluding steroid dienone is 1. The first kappa shape index (κ1) is 23.0. The van der Waals surface area contributed by atoms with Crippen molar-refractivity contribution >= 4 is 29.7 Å². The van der Waals surface area contributed by atoms with Crippen molar-refractivity contribution in [2.24, 2.45) is 0 Å². The summed E-state index contributed by atoms with van der Waals surface area (Å²) in [5, 5.41) is 0. The van der Waals surface area contributed by atoms with Crippen LogP contribution in [0.4, 0.5) is 8.78 Å². The highest BCUT2D eigenvalue weighted by Gasteiger charge is 2.08. The Kier molecular flexibility index (Phi) is 8.19. The molecule has 0 aromatic heterocycles. The molecule has 0 aliphatic carbocycles. The van der Waals surface area contributed by atoms with Crippen molar-refractivity contribution in [2.75, 3.05) is 5.75 Å². The van der Waals surface area contributed by atoms with Crippen molar-refractivity contribution in [3.8, 4) is 0 Å². The summed E-state index contributed by atoms with van der Waals surface area (Å²) >= 11 is 1.74. The number of hydrogen-bond donors (Lipinski definition) is 0. The lowest BCUT2D eigenvalue weighted by molar-refractivity contribution is 0.112. The number of carbonyl (C=O) groups is 1. The first-order valence-corrected chi connectivity index (χ1v) is 11.4. The molecule has 31 heavy (non-hydrogen) atoms. The van der Waals surface area contributed by atoms with E-state index in [2.05, 4.69) is 26.0 Å². The second-order valence-corrected chi connectivity index (χ2v) is 8.83. The molecule has 0 heterocycles. The third kappa shape index (κ3) is 6.90. The fraction of sp³-hybridized carbons (Fsp3) is 0.222. The summed E-state index contributed by atoms with van der Waals surface area (Å²) in [7, 11) is 0. The van der Waals surface area contributed by atoms with Crippen LogP contribution < -0.4 is 0 Å². The summed E-state index contributed by atoms with van der Waals surface area (Å²) in [5.74, 6) is -0.180. The van der Waals surface area contributed by atoms with Gasteiger partial charge in [-0.2, -0.15) is 0 Å². The molecule has 3 rings (SSSR count). The summed E-state index contributed by atoms with van der Waals surface area (Å²) in [4.78, 5) is 11.9. The summed E-state index contributed by atoms with van der Waals surface area (Å²) in [6.07, 6.45) is 5.50. The van der Waals surface area contributed by atoms with Gasteiger partial charge in [0.1, 0.15) is 17.9 Å². The van der Waals surface area contributed by atoms with Gasteiger partial charge in [0, 0.05) is 16.5 Å². The normalized spacial score (nSPS) is 11.5. The molecule has 160 valence electrons. The van der Waals surface area contributed by atoms with Gasteiger partial charge >= 0.3 is 0 Å². The minimum Gasteiger partial charge on any atom is -0.298 e. The van der Waals surface area contributed by atoms with E-state index in [9.17, 15) is 13.6 Å². The highest BCUT2D eigenvalue weighted by Crippen LogP contribution is 2.27. The van der Waals surface area contributed by atoms with E-state index in [-0.39, 0.29) is 0 Å². The number of thioether (sulfide) groups is 1. The third-order valence-electron chi connectivity index (χ3n) is 5.23. The number of hydrogen-bond acceptors (Lipinski definition) is 2. The van der Waals surface area contributed by atoms with Crippen LogP contribution in [0.5, 0.6) is 0 Å². The average Bonchev–Trinajstić information content (AvgIpc) is 2.75. The smallest absolute Gasteiger partial charge is 0.150 e. The van der Waals surface area contributed by atoms with Crippen LogP contribution in [0.25, 0.3) is 11.6 Å². The molecule has 1 nitrogen and oxygen atoms in total. The first-order chi connectivity index (χ1) is 14.9. The van der Waals surface area contributed by atoms with Crippen molar-refractivity contribution in [3.63, 3.8) is 0 Å². The zero-order chi connectivity index (χ0) is 22.2. The molecule has 0 spiro atoms. The number of aldehydes is 1. The van der Waals surface area contributed by atoms with Gasteiger partial charge in [-0.3, -0.25) is 4.79 Å². The van der Waals surface area contributed by atoms with Crippen LogP contribution in [0.3, 0.4) is 0 Å². The molecule has 0 saturated carbocycles. The van der Waals surface area contributed by atoms with Gasteiger partial charge in [-0.1, -0.05) is 36.4 Å². The van der Waals surface area contributed by atoms with E-state index in [0.29, 0.717) is 11.1 Å². The lowest BCUT2D eigenvalue weighted by Gasteiger charge is -2.10. The second kappa shape index (κ2) is 11.1. The van der Waals surface area contributed by atoms with Crippen LogP contribution in [0.2, 0.25) is 0 Å². The maximum Gasteiger partial charge on any atom is 0.150 e. The van der Waals surface area contributed by atoms with Crippen molar-refractivity contribution < 1.29 is 13.6 Å². The molecular formula is C27H26F2OS. The average molecular weight is 437 g/mol. The number of benzene rings is 3. The summed E-state index contributed by atoms with van der Waals surface area (Å²) < 4.78 is 27.7. The van der Waals surface area contributed by atoms with E-state index >= 15 is 0 Å². The molecule has 0 aliphatic rings. The molecule has 0 amide bonds. The highest BCUT2D eigenvalue weighted by molar-refractivity contribution is 7.99. The Hall–Kier alpha value is -2.72. The summed E-state index contributed by atoms with van der Waals surface area (Å²) in [6.45, 7) is 4.13. The quantitative estimate of drug-likeness (QED) is 0.147. The summed E-state index contributed by atoms with van der Waals surface area (Å²) in [6, 6.07) is 17.5. The SMILES string of the molecule is Cc1ccc(/C=C(\CCCCSc2ccc(C=O)cc2)c2cc(F)cc(F)c2)cc1C. The molecule has 0 aliphatic heterocycles. The van der Waals surface area contributed by atoms with Gasteiger partial charge in [0.2, 0.25) is 0 Å². The Labute approximate surface area is 187 Å². The van der Waals surface area contributed by atoms with Gasteiger partial charge < -0.3 is 0 Å². The Morgan fingerprint density at radius 1 is 0.839 bits per heavy atom. The lowest BCUT2D eigenvalue weighted by Crippen LogP contribution is -1.92. The Morgan fingerprint density at radius 2 is 1.52 bits per heavy atom. The molecule has 3 aromatic carbocycles. The predicted octanol–water partition coefficient (Wildman–Crippen LogP) is 7.90. The maximum absolute atomic E-state index is 13.8. The minimum atomic E-state index is -0.560. The van der Waals surface area contributed by atoms with Gasteiger partial charge in [0.15, 0.2) is 0 Å². The molecule has 0 N–H and O–H groups in total. The van der Waals surface area contributed by atoms with Gasteiger partial charge in [-0.15, -0.1) is 11.8 Å². The maximum atomic E-state index is 13.8. The molecule has 0 atom stereocenters. The molecule has 0 bridgehead atoms. The van der Waals surface area contributed by atoms with Crippen LogP contribution in [0, 0.1) is 25.5 Å². The van der Waals surface area contributed by atoms with E-state index < -0.39 is 11.6 Å². The van der Waals surface area contributed by atoms with Crippen molar-refractivity contribution in [1.82, 2.24) is 0 Å². The van der Waals surface area contributed by atoms with Gasteiger partial charge in [-0.25, -0.2) is 8.78 Å². The zero-order valence-electron chi connectivity index (χ0n) is 17.8. The lowest BCUT2D eigenvalue weighted by atomic mass is 9.96. The van der Waals surface area contributed by atoms with Gasteiger partial charge in [0.25, 0.3) is 0 Å². The summed E-state index contributed by atoms with van der Waals surface area (Å²) in [5.41, 5.74) is 5.64. The van der Waals surface area contributed by atoms with Crippen molar-refractivity contribution in [2.45, 2.75) is 38.0 Å². The van der Waals surface area contributed by atoms with E-state index in [1.807, 2.05) is 36.4 Å². The highest BCUT2D eigenvalue weighted by atomic mass is 32.2. The Bertz CT molecular complexity index is 1050. The van der Waals surface area contributed by atoms with Crippen LogP contribution in [-0.4, -0.2) is 12.0 Å². The van der Waals surface area contributed by atoms with Crippen LogP contribution in [0.1, 0.15) is 51.9 Å². The zero-order valence-corrected chi connectivity index (χ0v) is 18.6.